The number of amides is 1. The van der Waals surface area contributed by atoms with Crippen LogP contribution < -0.4 is 5.32 Å². The summed E-state index contributed by atoms with van der Waals surface area (Å²) in [4.78, 5) is 12.1. The van der Waals surface area contributed by atoms with E-state index in [0.717, 1.165) is 5.69 Å². The van der Waals surface area contributed by atoms with Gasteiger partial charge in [-0.1, -0.05) is 6.07 Å². The van der Waals surface area contributed by atoms with E-state index < -0.39 is 0 Å². The zero-order chi connectivity index (χ0) is 14.7. The monoisotopic (exact) mass is 280 g/mol. The highest BCUT2D eigenvalue weighted by Gasteiger charge is 2.06. The number of anilines is 1. The number of rotatable bonds is 3. The molecule has 3 nitrogen and oxygen atoms in total. The molecule has 0 aliphatic heterocycles. The number of benzene rings is 2. The van der Waals surface area contributed by atoms with Crippen LogP contribution in [0.4, 0.5) is 10.1 Å². The van der Waals surface area contributed by atoms with Gasteiger partial charge in [-0.3, -0.25) is 4.79 Å². The molecular formula is C17H13FN2O. The number of halogens is 1. The highest BCUT2D eigenvalue weighted by molar-refractivity contribution is 6.04. The van der Waals surface area contributed by atoms with Gasteiger partial charge in [0.05, 0.1) is 0 Å². The quantitative estimate of drug-likeness (QED) is 0.776. The summed E-state index contributed by atoms with van der Waals surface area (Å²) in [7, 11) is 0. The van der Waals surface area contributed by atoms with Crippen LogP contribution >= 0.6 is 0 Å². The minimum absolute atomic E-state index is 0.264. The lowest BCUT2D eigenvalue weighted by molar-refractivity contribution is 0.102. The zero-order valence-electron chi connectivity index (χ0n) is 11.2. The van der Waals surface area contributed by atoms with Crippen LogP contribution in [0, 0.1) is 5.82 Å². The van der Waals surface area contributed by atoms with Crippen LogP contribution in [0.5, 0.6) is 0 Å². The molecule has 0 fully saturated rings. The highest BCUT2D eigenvalue weighted by Crippen LogP contribution is 2.13. The molecule has 3 rings (SSSR count). The lowest BCUT2D eigenvalue weighted by Gasteiger charge is -2.07. The maximum atomic E-state index is 13.1. The summed E-state index contributed by atoms with van der Waals surface area (Å²) in [5.74, 6) is -0.643. The Morgan fingerprint density at radius 3 is 2.33 bits per heavy atom. The average Bonchev–Trinajstić information content (AvgIpc) is 3.01. The lowest BCUT2D eigenvalue weighted by atomic mass is 10.2. The van der Waals surface area contributed by atoms with Crippen LogP contribution in [0.1, 0.15) is 10.4 Å². The molecule has 0 spiro atoms. The Morgan fingerprint density at radius 1 is 0.952 bits per heavy atom. The van der Waals surface area contributed by atoms with Crippen molar-refractivity contribution in [3.05, 3.63) is 84.4 Å². The minimum Gasteiger partial charge on any atom is -0.324 e. The molecule has 1 amide bonds. The molecule has 0 aliphatic rings. The van der Waals surface area contributed by atoms with E-state index >= 15 is 0 Å². The molecule has 1 N–H and O–H groups in total. The highest BCUT2D eigenvalue weighted by atomic mass is 19.1. The van der Waals surface area contributed by atoms with Gasteiger partial charge < -0.3 is 9.88 Å². The summed E-state index contributed by atoms with van der Waals surface area (Å²) in [6.07, 6.45) is 3.86. The van der Waals surface area contributed by atoms with E-state index in [1.54, 1.807) is 24.3 Å². The third-order valence-corrected chi connectivity index (χ3v) is 3.11. The van der Waals surface area contributed by atoms with Gasteiger partial charge in [0.15, 0.2) is 0 Å². The van der Waals surface area contributed by atoms with Crippen molar-refractivity contribution in [1.29, 1.82) is 0 Å². The van der Waals surface area contributed by atoms with Gasteiger partial charge >= 0.3 is 0 Å². The van der Waals surface area contributed by atoms with Crippen LogP contribution in [0.25, 0.3) is 5.69 Å². The van der Waals surface area contributed by atoms with Gasteiger partial charge in [-0.15, -0.1) is 0 Å². The maximum Gasteiger partial charge on any atom is 0.255 e. The molecule has 0 radical (unpaired) electrons. The van der Waals surface area contributed by atoms with E-state index in [-0.39, 0.29) is 11.7 Å². The number of aromatic nitrogens is 1. The third kappa shape index (κ3) is 3.00. The fourth-order valence-electron chi connectivity index (χ4n) is 2.06. The number of carbonyl (C=O) groups is 1. The van der Waals surface area contributed by atoms with E-state index in [2.05, 4.69) is 5.32 Å². The fraction of sp³-hybridized carbons (Fsp3) is 0. The minimum atomic E-state index is -0.379. The van der Waals surface area contributed by atoms with Crippen LogP contribution in [0.2, 0.25) is 0 Å². The molecule has 104 valence electrons. The number of nitrogens with zero attached hydrogens (tertiary/aromatic N) is 1. The average molecular weight is 280 g/mol. The van der Waals surface area contributed by atoms with Crippen LogP contribution in [-0.4, -0.2) is 10.5 Å². The second-order valence-electron chi connectivity index (χ2n) is 4.60. The van der Waals surface area contributed by atoms with E-state index in [4.69, 9.17) is 0 Å². The van der Waals surface area contributed by atoms with E-state index in [0.29, 0.717) is 11.3 Å². The first-order chi connectivity index (χ1) is 10.2. The Hall–Kier alpha value is -2.88. The summed E-state index contributed by atoms with van der Waals surface area (Å²) in [5, 5.41) is 2.67. The first-order valence-corrected chi connectivity index (χ1v) is 6.53. The normalized spacial score (nSPS) is 10.3. The topological polar surface area (TPSA) is 34.0 Å². The first kappa shape index (κ1) is 13.1. The molecule has 0 saturated heterocycles. The van der Waals surface area contributed by atoms with Crippen LogP contribution in [-0.2, 0) is 0 Å². The van der Waals surface area contributed by atoms with E-state index in [9.17, 15) is 9.18 Å². The molecule has 0 unspecified atom stereocenters. The zero-order valence-corrected chi connectivity index (χ0v) is 11.2. The molecule has 1 heterocycles. The fourth-order valence-corrected chi connectivity index (χ4v) is 2.06. The summed E-state index contributed by atoms with van der Waals surface area (Å²) in [5.41, 5.74) is 1.94. The molecule has 0 aliphatic carbocycles. The smallest absolute Gasteiger partial charge is 0.255 e. The number of nitrogens with one attached hydrogen (secondary N) is 1. The van der Waals surface area contributed by atoms with Crippen molar-refractivity contribution < 1.29 is 9.18 Å². The van der Waals surface area contributed by atoms with Crippen molar-refractivity contribution in [2.24, 2.45) is 0 Å². The third-order valence-electron chi connectivity index (χ3n) is 3.11. The Balaban J connectivity index is 1.76. The molecule has 3 aromatic rings. The number of hydrogen-bond acceptors (Lipinski definition) is 1. The first-order valence-electron chi connectivity index (χ1n) is 6.53. The van der Waals surface area contributed by atoms with Gasteiger partial charge in [-0.25, -0.2) is 4.39 Å². The second kappa shape index (κ2) is 5.63. The number of carbonyl (C=O) groups excluding carboxylic acids is 1. The van der Waals surface area contributed by atoms with Gasteiger partial charge in [0, 0.05) is 29.3 Å². The summed E-state index contributed by atoms with van der Waals surface area (Å²) in [6.45, 7) is 0. The van der Waals surface area contributed by atoms with Crippen LogP contribution in [0.3, 0.4) is 0 Å². The van der Waals surface area contributed by atoms with E-state index in [1.165, 1.54) is 12.1 Å². The van der Waals surface area contributed by atoms with Gasteiger partial charge in [-0.05, 0) is 54.6 Å². The predicted molar refractivity (Wildman–Crippen MR) is 80.1 cm³/mol. The molecule has 4 heteroatoms. The van der Waals surface area contributed by atoms with Gasteiger partial charge in [0.25, 0.3) is 5.91 Å². The van der Waals surface area contributed by atoms with Gasteiger partial charge in [0.1, 0.15) is 5.82 Å². The van der Waals surface area contributed by atoms with E-state index in [1.807, 2.05) is 41.2 Å². The summed E-state index contributed by atoms with van der Waals surface area (Å²) >= 11 is 0. The molecule has 0 bridgehead atoms. The van der Waals surface area contributed by atoms with Gasteiger partial charge in [-0.2, -0.15) is 0 Å². The Bertz CT molecular complexity index is 749. The standard InChI is InChI=1S/C17H13FN2O/c18-14-4-3-5-15(12-14)19-17(21)13-6-8-16(9-7-13)20-10-1-2-11-20/h1-12H,(H,19,21). The maximum absolute atomic E-state index is 13.1. The number of hydrogen-bond donors (Lipinski definition) is 1. The molecule has 1 aromatic heterocycles. The lowest BCUT2D eigenvalue weighted by Crippen LogP contribution is -2.11. The molecule has 2 aromatic carbocycles. The Labute approximate surface area is 121 Å². The predicted octanol–water partition coefficient (Wildman–Crippen LogP) is 3.87. The largest absolute Gasteiger partial charge is 0.324 e. The Kier molecular flexibility index (Phi) is 3.51. The molecule has 0 saturated carbocycles. The van der Waals surface area contributed by atoms with Crippen LogP contribution in [0.15, 0.2) is 73.1 Å². The summed E-state index contributed by atoms with van der Waals surface area (Å²) in [6, 6.07) is 16.9. The molecule has 0 atom stereocenters. The molecule has 21 heavy (non-hydrogen) atoms. The molecular weight excluding hydrogens is 267 g/mol. The van der Waals surface area contributed by atoms with Crippen molar-refractivity contribution in [2.45, 2.75) is 0 Å². The Morgan fingerprint density at radius 2 is 1.67 bits per heavy atom. The van der Waals surface area contributed by atoms with Crippen molar-refractivity contribution in [3.8, 4) is 5.69 Å². The van der Waals surface area contributed by atoms with Crippen molar-refractivity contribution in [3.63, 3.8) is 0 Å². The van der Waals surface area contributed by atoms with Crippen molar-refractivity contribution >= 4 is 11.6 Å². The van der Waals surface area contributed by atoms with Crippen molar-refractivity contribution in [1.82, 2.24) is 4.57 Å². The summed E-state index contributed by atoms with van der Waals surface area (Å²) < 4.78 is 15.0. The second-order valence-corrected chi connectivity index (χ2v) is 4.60. The van der Waals surface area contributed by atoms with Crippen molar-refractivity contribution in [2.75, 3.05) is 5.32 Å². The SMILES string of the molecule is O=C(Nc1cccc(F)c1)c1ccc(-n2cccc2)cc1. The van der Waals surface area contributed by atoms with Gasteiger partial charge in [0.2, 0.25) is 0 Å².